The summed E-state index contributed by atoms with van der Waals surface area (Å²) in [7, 11) is 0. The second-order valence-electron chi connectivity index (χ2n) is 4.49. The van der Waals surface area contributed by atoms with Gasteiger partial charge in [-0.1, -0.05) is 25.1 Å². The van der Waals surface area contributed by atoms with Crippen molar-refractivity contribution in [3.8, 4) is 0 Å². The van der Waals surface area contributed by atoms with Gasteiger partial charge in [0.1, 0.15) is 6.54 Å². The Bertz CT molecular complexity index is 677. The van der Waals surface area contributed by atoms with Gasteiger partial charge in [-0.2, -0.15) is 0 Å². The number of nitrogens with one attached hydrogen (secondary N) is 1. The van der Waals surface area contributed by atoms with Crippen molar-refractivity contribution in [2.45, 2.75) is 19.9 Å². The van der Waals surface area contributed by atoms with E-state index < -0.39 is 0 Å². The van der Waals surface area contributed by atoms with Crippen LogP contribution in [0.3, 0.4) is 0 Å². The molecule has 2 aromatic rings. The van der Waals surface area contributed by atoms with Crippen molar-refractivity contribution in [3.63, 3.8) is 0 Å². The van der Waals surface area contributed by atoms with Gasteiger partial charge in [-0.15, -0.1) is 0 Å². The Morgan fingerprint density at radius 1 is 1.25 bits per heavy atom. The molecule has 0 aliphatic heterocycles. The third-order valence-corrected chi connectivity index (χ3v) is 2.99. The number of nitrogens with zero attached hydrogens (tertiary/aromatic N) is 1. The van der Waals surface area contributed by atoms with Crippen LogP contribution in [0, 0.1) is 0 Å². The highest BCUT2D eigenvalue weighted by Gasteiger charge is 2.07. The maximum atomic E-state index is 12.0. The van der Waals surface area contributed by atoms with Gasteiger partial charge in [0, 0.05) is 23.6 Å². The molecule has 20 heavy (non-hydrogen) atoms. The van der Waals surface area contributed by atoms with Crippen LogP contribution in [0.5, 0.6) is 0 Å². The first-order chi connectivity index (χ1) is 9.60. The highest BCUT2D eigenvalue weighted by atomic mass is 16.2. The van der Waals surface area contributed by atoms with Crippen LogP contribution in [0.15, 0.2) is 47.4 Å². The first-order valence-corrected chi connectivity index (χ1v) is 6.44. The predicted octanol–water partition coefficient (Wildman–Crippen LogP) is 1.63. The van der Waals surface area contributed by atoms with Crippen LogP contribution in [-0.2, 0) is 17.8 Å². The van der Waals surface area contributed by atoms with Crippen molar-refractivity contribution in [2.75, 3.05) is 11.1 Å². The van der Waals surface area contributed by atoms with E-state index in [0.29, 0.717) is 5.69 Å². The van der Waals surface area contributed by atoms with Crippen molar-refractivity contribution in [2.24, 2.45) is 0 Å². The Balaban J connectivity index is 2.13. The van der Waals surface area contributed by atoms with Gasteiger partial charge >= 0.3 is 0 Å². The van der Waals surface area contributed by atoms with Gasteiger partial charge in [0.2, 0.25) is 5.91 Å². The second kappa shape index (κ2) is 6.06. The van der Waals surface area contributed by atoms with Crippen LogP contribution in [0.2, 0.25) is 0 Å². The highest BCUT2D eigenvalue weighted by Crippen LogP contribution is 2.15. The molecule has 1 aromatic carbocycles. The molecule has 5 heteroatoms. The van der Waals surface area contributed by atoms with Gasteiger partial charge in [0.05, 0.1) is 0 Å². The molecule has 5 nitrogen and oxygen atoms in total. The summed E-state index contributed by atoms with van der Waals surface area (Å²) in [5.41, 5.74) is 7.64. The molecule has 0 aliphatic rings. The molecule has 1 amide bonds. The number of pyridine rings is 1. The number of rotatable bonds is 4. The average Bonchev–Trinajstić information content (AvgIpc) is 2.43. The van der Waals surface area contributed by atoms with Gasteiger partial charge < -0.3 is 15.6 Å². The molecule has 2 rings (SSSR count). The molecule has 104 valence electrons. The predicted molar refractivity (Wildman–Crippen MR) is 79.6 cm³/mol. The number of hydrogen-bond acceptors (Lipinski definition) is 3. The molecule has 1 heterocycles. The Morgan fingerprint density at radius 2 is 2.00 bits per heavy atom. The zero-order valence-corrected chi connectivity index (χ0v) is 11.3. The first-order valence-electron chi connectivity index (χ1n) is 6.44. The molecule has 0 unspecified atom stereocenters. The van der Waals surface area contributed by atoms with Crippen molar-refractivity contribution < 1.29 is 4.79 Å². The zero-order chi connectivity index (χ0) is 14.5. The van der Waals surface area contributed by atoms with Crippen LogP contribution in [-0.4, -0.2) is 10.5 Å². The minimum absolute atomic E-state index is 0.0536. The van der Waals surface area contributed by atoms with Gasteiger partial charge in [-0.3, -0.25) is 9.59 Å². The van der Waals surface area contributed by atoms with E-state index in [1.165, 1.54) is 22.9 Å². The van der Waals surface area contributed by atoms with Gasteiger partial charge in [-0.25, -0.2) is 0 Å². The maximum Gasteiger partial charge on any atom is 0.251 e. The summed E-state index contributed by atoms with van der Waals surface area (Å²) in [6.45, 7) is 1.97. The fourth-order valence-corrected chi connectivity index (χ4v) is 1.97. The minimum Gasteiger partial charge on any atom is -0.398 e. The number of hydrogen-bond donors (Lipinski definition) is 2. The van der Waals surface area contributed by atoms with Gasteiger partial charge in [0.15, 0.2) is 0 Å². The fourth-order valence-electron chi connectivity index (χ4n) is 1.97. The molecular weight excluding hydrogens is 254 g/mol. The van der Waals surface area contributed by atoms with Crippen LogP contribution < -0.4 is 16.6 Å². The number of amides is 1. The summed E-state index contributed by atoms with van der Waals surface area (Å²) >= 11 is 0. The van der Waals surface area contributed by atoms with Crippen LogP contribution in [0.4, 0.5) is 11.4 Å². The van der Waals surface area contributed by atoms with E-state index in [-0.39, 0.29) is 18.0 Å². The molecule has 0 bridgehead atoms. The maximum absolute atomic E-state index is 12.0. The molecular formula is C15H17N3O2. The number of anilines is 2. The molecule has 0 spiro atoms. The monoisotopic (exact) mass is 271 g/mol. The average molecular weight is 271 g/mol. The lowest BCUT2D eigenvalue weighted by molar-refractivity contribution is -0.116. The van der Waals surface area contributed by atoms with Crippen molar-refractivity contribution in [3.05, 3.63) is 58.5 Å². The lowest BCUT2D eigenvalue weighted by atomic mass is 10.1. The third kappa shape index (κ3) is 3.26. The topological polar surface area (TPSA) is 77.1 Å². The van der Waals surface area contributed by atoms with E-state index in [4.69, 9.17) is 5.73 Å². The molecule has 0 saturated carbocycles. The molecule has 1 aromatic heterocycles. The normalized spacial score (nSPS) is 10.2. The van der Waals surface area contributed by atoms with Crippen molar-refractivity contribution >= 4 is 17.3 Å². The number of aromatic nitrogens is 1. The number of carbonyl (C=O) groups excluding carboxylic acids is 1. The molecule has 0 radical (unpaired) electrons. The summed E-state index contributed by atoms with van der Waals surface area (Å²) in [4.78, 5) is 23.6. The number of benzene rings is 1. The smallest absolute Gasteiger partial charge is 0.251 e. The van der Waals surface area contributed by atoms with Crippen molar-refractivity contribution in [1.29, 1.82) is 0 Å². The number of para-hydroxylation sites is 1. The molecule has 0 saturated heterocycles. The van der Waals surface area contributed by atoms with Gasteiger partial charge in [-0.05, 0) is 24.1 Å². The largest absolute Gasteiger partial charge is 0.398 e. The van der Waals surface area contributed by atoms with Crippen LogP contribution >= 0.6 is 0 Å². The SMILES string of the molecule is CCc1ccccc1NC(=O)Cn1cc(N)ccc1=O. The van der Waals surface area contributed by atoms with E-state index in [1.54, 1.807) is 0 Å². The van der Waals surface area contributed by atoms with E-state index in [9.17, 15) is 9.59 Å². The number of carbonyl (C=O) groups is 1. The lowest BCUT2D eigenvalue weighted by Gasteiger charge is -2.11. The van der Waals surface area contributed by atoms with Gasteiger partial charge in [0.25, 0.3) is 5.56 Å². The Hall–Kier alpha value is -2.56. The molecule has 0 aliphatic carbocycles. The number of nitrogens with two attached hydrogens (primary N) is 1. The Kier molecular flexibility index (Phi) is 4.20. The lowest BCUT2D eigenvalue weighted by Crippen LogP contribution is -2.27. The van der Waals surface area contributed by atoms with Crippen LogP contribution in [0.25, 0.3) is 0 Å². The minimum atomic E-state index is -0.252. The zero-order valence-electron chi connectivity index (χ0n) is 11.3. The summed E-state index contributed by atoms with van der Waals surface area (Å²) in [6.07, 6.45) is 2.29. The highest BCUT2D eigenvalue weighted by molar-refractivity contribution is 5.91. The molecule has 0 atom stereocenters. The Labute approximate surface area is 117 Å². The Morgan fingerprint density at radius 3 is 2.75 bits per heavy atom. The number of aryl methyl sites for hydroxylation is 1. The molecule has 0 fully saturated rings. The quantitative estimate of drug-likeness (QED) is 0.887. The standard InChI is InChI=1S/C15H17N3O2/c1-2-11-5-3-4-6-13(11)17-14(19)10-18-9-12(16)7-8-15(18)20/h3-9H,2,10,16H2,1H3,(H,17,19). The summed E-state index contributed by atoms with van der Waals surface area (Å²) in [5.74, 6) is -0.251. The van der Waals surface area contributed by atoms with E-state index >= 15 is 0 Å². The second-order valence-corrected chi connectivity index (χ2v) is 4.49. The summed E-state index contributed by atoms with van der Waals surface area (Å²) in [5, 5.41) is 2.82. The fraction of sp³-hybridized carbons (Fsp3) is 0.200. The summed E-state index contributed by atoms with van der Waals surface area (Å²) < 4.78 is 1.29. The van der Waals surface area contributed by atoms with E-state index in [0.717, 1.165) is 17.7 Å². The summed E-state index contributed by atoms with van der Waals surface area (Å²) in [6, 6.07) is 10.5. The third-order valence-electron chi connectivity index (χ3n) is 2.99. The van der Waals surface area contributed by atoms with E-state index in [1.807, 2.05) is 31.2 Å². The van der Waals surface area contributed by atoms with Crippen LogP contribution in [0.1, 0.15) is 12.5 Å². The van der Waals surface area contributed by atoms with E-state index in [2.05, 4.69) is 5.32 Å². The number of nitrogen functional groups attached to an aromatic ring is 1. The molecule has 3 N–H and O–H groups in total. The first kappa shape index (κ1) is 13.9. The van der Waals surface area contributed by atoms with Crippen molar-refractivity contribution in [1.82, 2.24) is 4.57 Å².